The number of carbonyl (C=O) groups is 3. The summed E-state index contributed by atoms with van der Waals surface area (Å²) in [6, 6.07) is 6.43. The Hall–Kier alpha value is -2.63. The molecule has 1 heterocycles. The number of amides is 3. The summed E-state index contributed by atoms with van der Waals surface area (Å²) >= 11 is 0. The Balaban J connectivity index is 1.38. The van der Waals surface area contributed by atoms with Gasteiger partial charge in [0.25, 0.3) is 0 Å². The van der Waals surface area contributed by atoms with Crippen LogP contribution in [0.4, 0.5) is 5.69 Å². The summed E-state index contributed by atoms with van der Waals surface area (Å²) in [5, 5.41) is 12.3. The fourth-order valence-electron chi connectivity index (χ4n) is 4.19. The Morgan fingerprint density at radius 1 is 1.12 bits per heavy atom. The zero-order valence-corrected chi connectivity index (χ0v) is 13.0. The van der Waals surface area contributed by atoms with Gasteiger partial charge in [0, 0.05) is 13.0 Å². The molecule has 124 valence electrons. The van der Waals surface area contributed by atoms with Crippen LogP contribution in [0.3, 0.4) is 0 Å². The minimum absolute atomic E-state index is 0.0173. The number of rotatable bonds is 4. The second kappa shape index (κ2) is 5.47. The van der Waals surface area contributed by atoms with E-state index >= 15 is 0 Å². The molecule has 2 aliphatic carbocycles. The molecule has 4 rings (SSSR count). The summed E-state index contributed by atoms with van der Waals surface area (Å²) in [6.07, 6.45) is 5.01. The van der Waals surface area contributed by atoms with Crippen LogP contribution < -0.4 is 5.32 Å². The standard InChI is InChI=1S/C18H18N2O4/c21-13-4-2-1-3-12(13)19-14(22)7-8-20-17(23)15-10-5-6-11(9-10)16(15)18(20)24/h1-6,10-11,15-16,21H,7-9H2,(H,19,22)/t10-,11-,15+,16+/m0/s1. The summed E-state index contributed by atoms with van der Waals surface area (Å²) in [7, 11) is 0. The number of nitrogens with zero attached hydrogens (tertiary/aromatic N) is 1. The molecule has 1 saturated carbocycles. The lowest BCUT2D eigenvalue weighted by Gasteiger charge is -2.17. The molecule has 2 bridgehead atoms. The molecule has 2 fully saturated rings. The van der Waals surface area contributed by atoms with E-state index < -0.39 is 0 Å². The van der Waals surface area contributed by atoms with Gasteiger partial charge < -0.3 is 10.4 Å². The van der Waals surface area contributed by atoms with E-state index in [2.05, 4.69) is 5.32 Å². The van der Waals surface area contributed by atoms with Crippen LogP contribution in [-0.4, -0.2) is 34.3 Å². The van der Waals surface area contributed by atoms with Gasteiger partial charge >= 0.3 is 0 Å². The lowest BCUT2D eigenvalue weighted by molar-refractivity contribution is -0.140. The number of hydrogen-bond acceptors (Lipinski definition) is 4. The smallest absolute Gasteiger partial charge is 0.233 e. The maximum absolute atomic E-state index is 12.5. The third-order valence-electron chi connectivity index (χ3n) is 5.30. The van der Waals surface area contributed by atoms with Crippen molar-refractivity contribution in [3.63, 3.8) is 0 Å². The van der Waals surface area contributed by atoms with Gasteiger partial charge in [0.05, 0.1) is 17.5 Å². The van der Waals surface area contributed by atoms with E-state index in [-0.39, 0.29) is 60.1 Å². The monoisotopic (exact) mass is 326 g/mol. The molecular formula is C18H18N2O4. The first-order valence-electron chi connectivity index (χ1n) is 8.17. The number of phenols is 1. The number of likely N-dealkylation sites (tertiary alicyclic amines) is 1. The second-order valence-corrected chi connectivity index (χ2v) is 6.64. The Morgan fingerprint density at radius 2 is 1.75 bits per heavy atom. The normalized spacial score (nSPS) is 30.1. The molecule has 0 radical (unpaired) electrons. The molecule has 4 atom stereocenters. The quantitative estimate of drug-likeness (QED) is 0.499. The topological polar surface area (TPSA) is 86.7 Å². The largest absolute Gasteiger partial charge is 0.506 e. The molecule has 24 heavy (non-hydrogen) atoms. The van der Waals surface area contributed by atoms with Crippen LogP contribution in [0.1, 0.15) is 12.8 Å². The molecule has 1 saturated heterocycles. The van der Waals surface area contributed by atoms with Gasteiger partial charge in [-0.2, -0.15) is 0 Å². The van der Waals surface area contributed by atoms with Gasteiger partial charge in [-0.1, -0.05) is 24.3 Å². The SMILES string of the molecule is O=C(CCN1C(=O)[C@H]2[C@H](C1=O)[C@H]1C=C[C@H]2C1)Nc1ccccc1O. The number of allylic oxidation sites excluding steroid dienone is 2. The molecular weight excluding hydrogens is 308 g/mol. The highest BCUT2D eigenvalue weighted by molar-refractivity contribution is 6.06. The van der Waals surface area contributed by atoms with E-state index in [1.165, 1.54) is 11.0 Å². The van der Waals surface area contributed by atoms with Crippen molar-refractivity contribution < 1.29 is 19.5 Å². The van der Waals surface area contributed by atoms with Crippen LogP contribution in [-0.2, 0) is 14.4 Å². The van der Waals surface area contributed by atoms with Crippen molar-refractivity contribution in [2.45, 2.75) is 12.8 Å². The van der Waals surface area contributed by atoms with Crippen LogP contribution >= 0.6 is 0 Å². The minimum atomic E-state index is -0.338. The summed E-state index contributed by atoms with van der Waals surface area (Å²) < 4.78 is 0. The van der Waals surface area contributed by atoms with Gasteiger partial charge in [-0.05, 0) is 30.4 Å². The van der Waals surface area contributed by atoms with Crippen molar-refractivity contribution >= 4 is 23.4 Å². The Labute approximate surface area is 139 Å². The lowest BCUT2D eigenvalue weighted by Crippen LogP contribution is -2.35. The van der Waals surface area contributed by atoms with Gasteiger partial charge in [-0.25, -0.2) is 0 Å². The van der Waals surface area contributed by atoms with E-state index in [1.807, 2.05) is 12.2 Å². The fraction of sp³-hybridized carbons (Fsp3) is 0.389. The average molecular weight is 326 g/mol. The van der Waals surface area contributed by atoms with E-state index in [0.29, 0.717) is 5.69 Å². The zero-order chi connectivity index (χ0) is 16.8. The van der Waals surface area contributed by atoms with Crippen LogP contribution in [0.5, 0.6) is 5.75 Å². The van der Waals surface area contributed by atoms with Gasteiger partial charge in [-0.3, -0.25) is 19.3 Å². The fourth-order valence-corrected chi connectivity index (χ4v) is 4.19. The second-order valence-electron chi connectivity index (χ2n) is 6.64. The van der Waals surface area contributed by atoms with Gasteiger partial charge in [0.2, 0.25) is 17.7 Å². The molecule has 6 nitrogen and oxygen atoms in total. The van der Waals surface area contributed by atoms with Crippen LogP contribution in [0.25, 0.3) is 0 Å². The third-order valence-corrected chi connectivity index (χ3v) is 5.30. The zero-order valence-electron chi connectivity index (χ0n) is 13.0. The summed E-state index contributed by atoms with van der Waals surface area (Å²) in [6.45, 7) is 0.0868. The maximum Gasteiger partial charge on any atom is 0.233 e. The molecule has 6 heteroatoms. The van der Waals surface area contributed by atoms with Gasteiger partial charge in [0.15, 0.2) is 0 Å². The number of hydrogen-bond donors (Lipinski definition) is 2. The molecule has 1 aromatic carbocycles. The number of fused-ring (bicyclic) bond motifs is 5. The molecule has 0 unspecified atom stereocenters. The number of anilines is 1. The molecule has 3 aliphatic rings. The molecule has 1 aromatic rings. The molecule has 3 amide bonds. The highest BCUT2D eigenvalue weighted by Gasteiger charge is 2.58. The predicted octanol–water partition coefficient (Wildman–Crippen LogP) is 1.53. The van der Waals surface area contributed by atoms with E-state index in [0.717, 1.165) is 6.42 Å². The van der Waals surface area contributed by atoms with E-state index in [1.54, 1.807) is 18.2 Å². The van der Waals surface area contributed by atoms with Crippen LogP contribution in [0.2, 0.25) is 0 Å². The van der Waals surface area contributed by atoms with Crippen molar-refractivity contribution in [1.29, 1.82) is 0 Å². The van der Waals surface area contributed by atoms with E-state index in [4.69, 9.17) is 0 Å². The van der Waals surface area contributed by atoms with Crippen molar-refractivity contribution in [3.05, 3.63) is 36.4 Å². The highest BCUT2D eigenvalue weighted by Crippen LogP contribution is 2.52. The molecule has 1 aliphatic heterocycles. The summed E-state index contributed by atoms with van der Waals surface area (Å²) in [5.74, 6) is -0.739. The Morgan fingerprint density at radius 3 is 2.38 bits per heavy atom. The third kappa shape index (κ3) is 2.21. The average Bonchev–Trinajstić information content (AvgIpc) is 3.23. The Kier molecular flexibility index (Phi) is 3.40. The first kappa shape index (κ1) is 14.9. The number of phenolic OH excluding ortho intramolecular Hbond substituents is 1. The predicted molar refractivity (Wildman–Crippen MR) is 85.8 cm³/mol. The van der Waals surface area contributed by atoms with Gasteiger partial charge in [-0.15, -0.1) is 0 Å². The van der Waals surface area contributed by atoms with Crippen LogP contribution in [0, 0.1) is 23.7 Å². The highest BCUT2D eigenvalue weighted by atomic mass is 16.3. The number of imide groups is 1. The van der Waals surface area contributed by atoms with E-state index in [9.17, 15) is 19.5 Å². The first-order chi connectivity index (χ1) is 11.6. The molecule has 2 N–H and O–H groups in total. The number of nitrogens with one attached hydrogen (secondary N) is 1. The lowest BCUT2D eigenvalue weighted by atomic mass is 9.85. The first-order valence-corrected chi connectivity index (χ1v) is 8.17. The van der Waals surface area contributed by atoms with Crippen molar-refractivity contribution in [1.82, 2.24) is 4.90 Å². The number of para-hydroxylation sites is 2. The minimum Gasteiger partial charge on any atom is -0.506 e. The summed E-state index contributed by atoms with van der Waals surface area (Å²) in [5.41, 5.74) is 0.320. The number of benzene rings is 1. The van der Waals surface area contributed by atoms with Crippen molar-refractivity contribution in [2.75, 3.05) is 11.9 Å². The van der Waals surface area contributed by atoms with Gasteiger partial charge in [0.1, 0.15) is 5.75 Å². The molecule has 0 spiro atoms. The maximum atomic E-state index is 12.5. The van der Waals surface area contributed by atoms with Crippen molar-refractivity contribution in [2.24, 2.45) is 23.7 Å². The summed E-state index contributed by atoms with van der Waals surface area (Å²) in [4.78, 5) is 38.3. The Bertz CT molecular complexity index is 727. The van der Waals surface area contributed by atoms with Crippen LogP contribution in [0.15, 0.2) is 36.4 Å². The number of carbonyl (C=O) groups excluding carboxylic acids is 3. The van der Waals surface area contributed by atoms with Crippen molar-refractivity contribution in [3.8, 4) is 5.75 Å². The molecule has 0 aromatic heterocycles. The number of aromatic hydroxyl groups is 1.